The molecule has 5 heteroatoms. The molecule has 0 saturated heterocycles. The summed E-state index contributed by atoms with van der Waals surface area (Å²) in [5.74, 6) is 0.914. The highest BCUT2D eigenvalue weighted by molar-refractivity contribution is 6.30. The SMILES string of the molecule is O=c1[nH]c(CC2CC2)nc(O)c1-c1cccc(Cl)c1. The fourth-order valence-electron chi connectivity index (χ4n) is 2.10. The summed E-state index contributed by atoms with van der Waals surface area (Å²) in [6, 6.07) is 6.80. The average molecular weight is 277 g/mol. The molecule has 3 rings (SSSR count). The second kappa shape index (κ2) is 4.70. The lowest BCUT2D eigenvalue weighted by Gasteiger charge is -2.06. The van der Waals surface area contributed by atoms with Gasteiger partial charge in [0, 0.05) is 11.4 Å². The Kier molecular flexibility index (Phi) is 3.03. The van der Waals surface area contributed by atoms with Crippen LogP contribution in [-0.2, 0) is 6.42 Å². The minimum atomic E-state index is -0.328. The van der Waals surface area contributed by atoms with Gasteiger partial charge in [-0.15, -0.1) is 0 Å². The Hall–Kier alpha value is -1.81. The van der Waals surface area contributed by atoms with Crippen LogP contribution in [0.4, 0.5) is 0 Å². The quantitative estimate of drug-likeness (QED) is 0.906. The topological polar surface area (TPSA) is 66.0 Å². The molecule has 1 aromatic carbocycles. The molecular formula is C14H13ClN2O2. The van der Waals surface area contributed by atoms with E-state index in [1.807, 2.05) is 0 Å². The Morgan fingerprint density at radius 1 is 1.42 bits per heavy atom. The van der Waals surface area contributed by atoms with Crippen molar-refractivity contribution in [2.75, 3.05) is 0 Å². The van der Waals surface area contributed by atoms with Crippen molar-refractivity contribution in [3.63, 3.8) is 0 Å². The first-order chi connectivity index (χ1) is 9.13. The number of aromatic nitrogens is 2. The van der Waals surface area contributed by atoms with E-state index in [1.54, 1.807) is 24.3 Å². The van der Waals surface area contributed by atoms with E-state index < -0.39 is 0 Å². The highest BCUT2D eigenvalue weighted by Crippen LogP contribution is 2.32. The Bertz CT molecular complexity index is 677. The first-order valence-electron chi connectivity index (χ1n) is 6.21. The van der Waals surface area contributed by atoms with Gasteiger partial charge in [0.05, 0.1) is 0 Å². The van der Waals surface area contributed by atoms with Crippen LogP contribution in [0.3, 0.4) is 0 Å². The molecular weight excluding hydrogens is 264 g/mol. The van der Waals surface area contributed by atoms with Crippen LogP contribution >= 0.6 is 11.6 Å². The summed E-state index contributed by atoms with van der Waals surface area (Å²) in [5.41, 5.74) is 0.407. The monoisotopic (exact) mass is 276 g/mol. The van der Waals surface area contributed by atoms with Crippen molar-refractivity contribution in [2.24, 2.45) is 5.92 Å². The molecule has 0 unspecified atom stereocenters. The number of H-pyrrole nitrogens is 1. The predicted octanol–water partition coefficient (Wildman–Crippen LogP) is 2.75. The van der Waals surface area contributed by atoms with E-state index in [4.69, 9.17) is 11.6 Å². The zero-order chi connectivity index (χ0) is 13.4. The third-order valence-electron chi connectivity index (χ3n) is 3.24. The van der Waals surface area contributed by atoms with Crippen LogP contribution in [0.5, 0.6) is 5.88 Å². The zero-order valence-corrected chi connectivity index (χ0v) is 10.9. The van der Waals surface area contributed by atoms with Crippen LogP contribution < -0.4 is 5.56 Å². The molecule has 0 radical (unpaired) electrons. The smallest absolute Gasteiger partial charge is 0.262 e. The van der Waals surface area contributed by atoms with Crippen molar-refractivity contribution in [2.45, 2.75) is 19.3 Å². The minimum Gasteiger partial charge on any atom is -0.493 e. The van der Waals surface area contributed by atoms with Gasteiger partial charge in [-0.05, 0) is 36.5 Å². The minimum absolute atomic E-state index is 0.169. The van der Waals surface area contributed by atoms with E-state index >= 15 is 0 Å². The molecule has 1 aromatic heterocycles. The maximum absolute atomic E-state index is 12.1. The van der Waals surface area contributed by atoms with Crippen molar-refractivity contribution >= 4 is 11.6 Å². The molecule has 0 amide bonds. The van der Waals surface area contributed by atoms with E-state index in [-0.39, 0.29) is 17.0 Å². The third kappa shape index (κ3) is 2.63. The summed E-state index contributed by atoms with van der Waals surface area (Å²) in [7, 11) is 0. The highest BCUT2D eigenvalue weighted by Gasteiger charge is 2.23. The second-order valence-corrected chi connectivity index (χ2v) is 5.31. The van der Waals surface area contributed by atoms with Crippen LogP contribution in [-0.4, -0.2) is 15.1 Å². The van der Waals surface area contributed by atoms with Crippen molar-refractivity contribution in [3.8, 4) is 17.0 Å². The van der Waals surface area contributed by atoms with Crippen LogP contribution in [0, 0.1) is 5.92 Å². The maximum Gasteiger partial charge on any atom is 0.262 e. The van der Waals surface area contributed by atoms with Gasteiger partial charge in [0.15, 0.2) is 0 Å². The van der Waals surface area contributed by atoms with Crippen molar-refractivity contribution in [1.29, 1.82) is 0 Å². The number of halogens is 1. The second-order valence-electron chi connectivity index (χ2n) is 4.87. The number of nitrogens with one attached hydrogen (secondary N) is 1. The lowest BCUT2D eigenvalue weighted by atomic mass is 10.1. The number of hydrogen-bond acceptors (Lipinski definition) is 3. The fraction of sp³-hybridized carbons (Fsp3) is 0.286. The van der Waals surface area contributed by atoms with Crippen molar-refractivity contribution in [3.05, 3.63) is 45.5 Å². The van der Waals surface area contributed by atoms with Gasteiger partial charge in [-0.25, -0.2) is 0 Å². The van der Waals surface area contributed by atoms with Gasteiger partial charge in [-0.3, -0.25) is 4.79 Å². The Balaban J connectivity index is 2.04. The van der Waals surface area contributed by atoms with Crippen LogP contribution in [0.15, 0.2) is 29.1 Å². The number of aromatic amines is 1. The Labute approximate surface area is 115 Å². The lowest BCUT2D eigenvalue weighted by Crippen LogP contribution is -2.14. The van der Waals surface area contributed by atoms with E-state index in [1.165, 1.54) is 12.8 Å². The van der Waals surface area contributed by atoms with Gasteiger partial charge >= 0.3 is 0 Å². The van der Waals surface area contributed by atoms with E-state index in [0.29, 0.717) is 22.3 Å². The first-order valence-corrected chi connectivity index (χ1v) is 6.59. The molecule has 1 aliphatic carbocycles. The van der Waals surface area contributed by atoms with E-state index in [2.05, 4.69) is 9.97 Å². The normalized spacial score (nSPS) is 14.6. The van der Waals surface area contributed by atoms with E-state index in [9.17, 15) is 9.90 Å². The highest BCUT2D eigenvalue weighted by atomic mass is 35.5. The summed E-state index contributed by atoms with van der Waals surface area (Å²) < 4.78 is 0. The molecule has 98 valence electrons. The number of hydrogen-bond donors (Lipinski definition) is 2. The molecule has 0 bridgehead atoms. The number of benzene rings is 1. The fourth-order valence-corrected chi connectivity index (χ4v) is 2.29. The summed E-state index contributed by atoms with van der Waals surface area (Å²) in [4.78, 5) is 18.9. The number of aromatic hydroxyl groups is 1. The van der Waals surface area contributed by atoms with Crippen molar-refractivity contribution in [1.82, 2.24) is 9.97 Å². The number of rotatable bonds is 3. The van der Waals surface area contributed by atoms with Crippen molar-refractivity contribution < 1.29 is 5.11 Å². The average Bonchev–Trinajstić information content (AvgIpc) is 3.12. The maximum atomic E-state index is 12.1. The summed E-state index contributed by atoms with van der Waals surface area (Å²) in [6.07, 6.45) is 3.06. The molecule has 2 aromatic rings. The molecule has 1 saturated carbocycles. The summed E-state index contributed by atoms with van der Waals surface area (Å²) >= 11 is 5.89. The van der Waals surface area contributed by atoms with Crippen LogP contribution in [0.1, 0.15) is 18.7 Å². The van der Waals surface area contributed by atoms with Gasteiger partial charge < -0.3 is 10.1 Å². The predicted molar refractivity (Wildman–Crippen MR) is 73.4 cm³/mol. The molecule has 4 nitrogen and oxygen atoms in total. The molecule has 1 heterocycles. The number of nitrogens with zero attached hydrogens (tertiary/aromatic N) is 1. The lowest BCUT2D eigenvalue weighted by molar-refractivity contribution is 0.449. The molecule has 19 heavy (non-hydrogen) atoms. The molecule has 2 N–H and O–H groups in total. The Morgan fingerprint density at radius 3 is 2.84 bits per heavy atom. The molecule has 0 spiro atoms. The molecule has 0 atom stereocenters. The summed E-state index contributed by atoms with van der Waals surface area (Å²) in [6.45, 7) is 0. The van der Waals surface area contributed by atoms with E-state index in [0.717, 1.165) is 6.42 Å². The third-order valence-corrected chi connectivity index (χ3v) is 3.48. The van der Waals surface area contributed by atoms with Gasteiger partial charge in [0.1, 0.15) is 11.4 Å². The van der Waals surface area contributed by atoms with Gasteiger partial charge in [-0.2, -0.15) is 4.98 Å². The van der Waals surface area contributed by atoms with Gasteiger partial charge in [-0.1, -0.05) is 23.7 Å². The van der Waals surface area contributed by atoms with Gasteiger partial charge in [0.25, 0.3) is 5.56 Å². The largest absolute Gasteiger partial charge is 0.493 e. The van der Waals surface area contributed by atoms with Gasteiger partial charge in [0.2, 0.25) is 5.88 Å². The van der Waals surface area contributed by atoms with Crippen LogP contribution in [0.25, 0.3) is 11.1 Å². The van der Waals surface area contributed by atoms with Crippen LogP contribution in [0.2, 0.25) is 5.02 Å². The molecule has 1 fully saturated rings. The summed E-state index contributed by atoms with van der Waals surface area (Å²) in [5, 5.41) is 10.5. The zero-order valence-electron chi connectivity index (χ0n) is 10.2. The molecule has 0 aliphatic heterocycles. The standard InChI is InChI=1S/C14H13ClN2O2/c15-10-3-1-2-9(7-10)12-13(18)16-11(17-14(12)19)6-8-4-5-8/h1-3,7-8H,4-6H2,(H2,16,17,18,19). The Morgan fingerprint density at radius 2 is 2.21 bits per heavy atom. The first kappa shape index (κ1) is 12.2. The molecule has 1 aliphatic rings.